The Hall–Kier alpha value is -1.53. The lowest BCUT2D eigenvalue weighted by molar-refractivity contribution is -0.141. The van der Waals surface area contributed by atoms with E-state index in [9.17, 15) is 13.6 Å². The van der Waals surface area contributed by atoms with Gasteiger partial charge in [-0.2, -0.15) is 4.98 Å². The molecule has 1 fully saturated rings. The summed E-state index contributed by atoms with van der Waals surface area (Å²) in [6.07, 6.45) is 0.962. The number of aromatic nitrogens is 2. The second-order valence-corrected chi connectivity index (χ2v) is 5.39. The molecule has 1 saturated carbocycles. The fraction of sp³-hybridized carbons (Fsp3) is 0.769. The lowest BCUT2D eigenvalue weighted by atomic mass is 9.85. The Labute approximate surface area is 116 Å². The van der Waals surface area contributed by atoms with E-state index in [4.69, 9.17) is 4.52 Å². The third kappa shape index (κ3) is 3.74. The van der Waals surface area contributed by atoms with Crippen LogP contribution in [-0.2, 0) is 11.2 Å². The molecule has 1 atom stereocenters. The van der Waals surface area contributed by atoms with Crippen LogP contribution in [-0.4, -0.2) is 40.5 Å². The Morgan fingerprint density at radius 2 is 2.30 bits per heavy atom. The van der Waals surface area contributed by atoms with Crippen LogP contribution in [0.25, 0.3) is 0 Å². The molecule has 0 aliphatic heterocycles. The Morgan fingerprint density at radius 1 is 1.55 bits per heavy atom. The second kappa shape index (κ2) is 5.85. The van der Waals surface area contributed by atoms with Crippen molar-refractivity contribution < 1.29 is 18.1 Å². The highest BCUT2D eigenvalue weighted by molar-refractivity contribution is 5.78. The first-order chi connectivity index (χ1) is 9.37. The number of nitrogens with zero attached hydrogens (tertiary/aromatic N) is 3. The van der Waals surface area contributed by atoms with Gasteiger partial charge in [0.2, 0.25) is 17.7 Å². The normalized spacial score (nSPS) is 21.7. The first kappa shape index (κ1) is 14.9. The number of hydrogen-bond acceptors (Lipinski definition) is 4. The van der Waals surface area contributed by atoms with Crippen LogP contribution in [0, 0.1) is 12.8 Å². The van der Waals surface area contributed by atoms with E-state index in [1.54, 1.807) is 14.0 Å². The smallest absolute Gasteiger partial charge is 0.248 e. The Balaban J connectivity index is 1.85. The zero-order valence-electron chi connectivity index (χ0n) is 11.7. The maximum absolute atomic E-state index is 13.3. The molecule has 1 amide bonds. The van der Waals surface area contributed by atoms with E-state index >= 15 is 0 Å². The van der Waals surface area contributed by atoms with Crippen molar-refractivity contribution in [3.05, 3.63) is 11.7 Å². The monoisotopic (exact) mass is 287 g/mol. The van der Waals surface area contributed by atoms with E-state index in [1.807, 2.05) is 0 Å². The van der Waals surface area contributed by atoms with Crippen LogP contribution in [0.5, 0.6) is 0 Å². The van der Waals surface area contributed by atoms with Crippen LogP contribution < -0.4 is 0 Å². The van der Waals surface area contributed by atoms with Crippen molar-refractivity contribution in [3.63, 3.8) is 0 Å². The average molecular weight is 287 g/mol. The molecule has 1 aromatic heterocycles. The summed E-state index contributed by atoms with van der Waals surface area (Å²) in [5, 5.41) is 3.74. The van der Waals surface area contributed by atoms with Crippen LogP contribution in [0.4, 0.5) is 8.78 Å². The fourth-order valence-electron chi connectivity index (χ4n) is 2.51. The third-order valence-corrected chi connectivity index (χ3v) is 3.61. The Bertz CT molecular complexity index is 476. The molecule has 5 nitrogen and oxygen atoms in total. The Morgan fingerprint density at radius 3 is 2.90 bits per heavy atom. The number of likely N-dealkylation sites (N-methyl/N-ethyl adjacent to an activating group) is 1. The van der Waals surface area contributed by atoms with Crippen LogP contribution in [0.1, 0.15) is 37.4 Å². The van der Waals surface area contributed by atoms with Gasteiger partial charge in [-0.3, -0.25) is 4.79 Å². The van der Waals surface area contributed by atoms with Gasteiger partial charge in [0.05, 0.1) is 0 Å². The van der Waals surface area contributed by atoms with Gasteiger partial charge in [-0.25, -0.2) is 8.78 Å². The molecule has 0 aromatic carbocycles. The molecule has 0 spiro atoms. The lowest BCUT2D eigenvalue weighted by Crippen LogP contribution is -2.39. The van der Waals surface area contributed by atoms with Gasteiger partial charge in [-0.05, 0) is 12.8 Å². The van der Waals surface area contributed by atoms with Gasteiger partial charge in [0.25, 0.3) is 0 Å². The van der Waals surface area contributed by atoms with Crippen molar-refractivity contribution in [2.24, 2.45) is 5.92 Å². The van der Waals surface area contributed by atoms with Gasteiger partial charge in [0, 0.05) is 45.7 Å². The summed E-state index contributed by atoms with van der Waals surface area (Å²) in [6, 6.07) is 0. The molecular formula is C13H19F2N3O2. The van der Waals surface area contributed by atoms with E-state index in [0.29, 0.717) is 37.5 Å². The number of alkyl halides is 2. The molecule has 0 N–H and O–H groups in total. The summed E-state index contributed by atoms with van der Waals surface area (Å²) in [4.78, 5) is 17.7. The van der Waals surface area contributed by atoms with Gasteiger partial charge in [0.15, 0.2) is 5.82 Å². The minimum atomic E-state index is -2.70. The van der Waals surface area contributed by atoms with Crippen molar-refractivity contribution in [2.45, 2.75) is 45.0 Å². The molecular weight excluding hydrogens is 268 g/mol. The van der Waals surface area contributed by atoms with Gasteiger partial charge in [-0.1, -0.05) is 5.16 Å². The molecule has 0 bridgehead atoms. The maximum atomic E-state index is 13.3. The lowest BCUT2D eigenvalue weighted by Gasteiger charge is -2.30. The highest BCUT2D eigenvalue weighted by Gasteiger charge is 2.39. The Kier molecular flexibility index (Phi) is 4.35. The summed E-state index contributed by atoms with van der Waals surface area (Å²) in [7, 11) is 1.63. The maximum Gasteiger partial charge on any atom is 0.248 e. The zero-order chi connectivity index (χ0) is 14.8. The average Bonchev–Trinajstić information content (AvgIpc) is 2.79. The molecule has 1 aromatic rings. The molecule has 1 heterocycles. The number of amides is 1. The standard InChI is InChI=1S/C13H19F2N3O2/c1-9-16-11(17-20-9)5-7-18(2)12(19)10-4-3-6-13(14,15)8-10/h10H,3-8H2,1-2H3. The van der Waals surface area contributed by atoms with Crippen LogP contribution in [0.3, 0.4) is 0 Å². The minimum absolute atomic E-state index is 0.109. The van der Waals surface area contributed by atoms with Crippen LogP contribution in [0.15, 0.2) is 4.52 Å². The predicted molar refractivity (Wildman–Crippen MR) is 67.3 cm³/mol. The molecule has 0 radical (unpaired) electrons. The molecule has 1 aliphatic carbocycles. The fourth-order valence-corrected chi connectivity index (χ4v) is 2.51. The van der Waals surface area contributed by atoms with Crippen molar-refractivity contribution in [1.29, 1.82) is 0 Å². The quantitative estimate of drug-likeness (QED) is 0.852. The summed E-state index contributed by atoms with van der Waals surface area (Å²) in [5.41, 5.74) is 0. The van der Waals surface area contributed by atoms with Crippen molar-refractivity contribution in [3.8, 4) is 0 Å². The SMILES string of the molecule is Cc1nc(CCN(C)C(=O)C2CCCC(F)(F)C2)no1. The minimum Gasteiger partial charge on any atom is -0.345 e. The first-order valence-corrected chi connectivity index (χ1v) is 6.79. The highest BCUT2D eigenvalue weighted by atomic mass is 19.3. The van der Waals surface area contributed by atoms with E-state index < -0.39 is 11.8 Å². The number of carbonyl (C=O) groups excluding carboxylic acids is 1. The largest absolute Gasteiger partial charge is 0.345 e. The summed E-state index contributed by atoms with van der Waals surface area (Å²) in [5.74, 6) is -2.50. The summed E-state index contributed by atoms with van der Waals surface area (Å²) < 4.78 is 31.5. The van der Waals surface area contributed by atoms with E-state index in [2.05, 4.69) is 10.1 Å². The van der Waals surface area contributed by atoms with Gasteiger partial charge < -0.3 is 9.42 Å². The van der Waals surface area contributed by atoms with E-state index in [-0.39, 0.29) is 18.7 Å². The number of halogens is 2. The number of hydrogen-bond donors (Lipinski definition) is 0. The molecule has 2 rings (SSSR count). The van der Waals surface area contributed by atoms with E-state index in [1.165, 1.54) is 4.90 Å². The number of rotatable bonds is 4. The predicted octanol–water partition coefficient (Wildman–Crippen LogP) is 2.20. The van der Waals surface area contributed by atoms with E-state index in [0.717, 1.165) is 0 Å². The zero-order valence-corrected chi connectivity index (χ0v) is 11.7. The molecule has 1 aliphatic rings. The third-order valence-electron chi connectivity index (χ3n) is 3.61. The highest BCUT2D eigenvalue weighted by Crippen LogP contribution is 2.37. The molecule has 1 unspecified atom stereocenters. The number of aryl methyl sites for hydroxylation is 1. The summed E-state index contributed by atoms with van der Waals surface area (Å²) in [6.45, 7) is 2.09. The molecule has 112 valence electrons. The molecule has 7 heteroatoms. The van der Waals surface area contributed by atoms with Gasteiger partial charge in [0.1, 0.15) is 0 Å². The van der Waals surface area contributed by atoms with Crippen LogP contribution in [0.2, 0.25) is 0 Å². The second-order valence-electron chi connectivity index (χ2n) is 5.39. The van der Waals surface area contributed by atoms with Gasteiger partial charge in [-0.15, -0.1) is 0 Å². The number of carbonyl (C=O) groups is 1. The summed E-state index contributed by atoms with van der Waals surface area (Å²) >= 11 is 0. The first-order valence-electron chi connectivity index (χ1n) is 6.79. The van der Waals surface area contributed by atoms with Crippen LogP contribution >= 0.6 is 0 Å². The molecule has 0 saturated heterocycles. The topological polar surface area (TPSA) is 59.2 Å². The van der Waals surface area contributed by atoms with Crippen molar-refractivity contribution in [1.82, 2.24) is 15.0 Å². The molecule has 20 heavy (non-hydrogen) atoms. The van der Waals surface area contributed by atoms with Gasteiger partial charge >= 0.3 is 0 Å². The van der Waals surface area contributed by atoms with Crippen molar-refractivity contribution >= 4 is 5.91 Å². The van der Waals surface area contributed by atoms with Crippen molar-refractivity contribution in [2.75, 3.05) is 13.6 Å².